The fourth-order valence-corrected chi connectivity index (χ4v) is 1.49. The van der Waals surface area contributed by atoms with E-state index in [0.717, 1.165) is 31.3 Å². The first-order valence-corrected chi connectivity index (χ1v) is 5.07. The molecule has 0 heterocycles. The van der Waals surface area contributed by atoms with Gasteiger partial charge in [0.25, 0.3) is 0 Å². The van der Waals surface area contributed by atoms with E-state index >= 15 is 0 Å². The first kappa shape index (κ1) is 9.14. The molecule has 0 aliphatic rings. The Bertz CT molecular complexity index is 163. The van der Waals surface area contributed by atoms with Crippen molar-refractivity contribution in [3.8, 4) is 0 Å². The Morgan fingerprint density at radius 2 is 1.78 bits per heavy atom. The third-order valence-electron chi connectivity index (χ3n) is 0.895. The third kappa shape index (κ3) is 4.63. The van der Waals surface area contributed by atoms with Crippen molar-refractivity contribution in [1.82, 2.24) is 0 Å². The molecule has 0 unspecified atom stereocenters. The molecular formula is C8H11Tl. The summed E-state index contributed by atoms with van der Waals surface area (Å²) in [7, 11) is 0. The second-order valence-corrected chi connectivity index (χ2v) is 4.64. The Labute approximate surface area is 73.0 Å². The van der Waals surface area contributed by atoms with Crippen molar-refractivity contribution in [1.29, 1.82) is 0 Å². The summed E-state index contributed by atoms with van der Waals surface area (Å²) in [6.07, 6.45) is 2.10. The van der Waals surface area contributed by atoms with Crippen LogP contribution in [-0.4, -0.2) is 25.8 Å². The third-order valence-corrected chi connectivity index (χ3v) is 3.46. The molecule has 0 saturated heterocycles. The topological polar surface area (TPSA) is 0 Å². The van der Waals surface area contributed by atoms with Gasteiger partial charge in [0.2, 0.25) is 0 Å². The zero-order valence-corrected chi connectivity index (χ0v) is 10.6. The molecule has 0 aromatic rings. The Morgan fingerprint density at radius 1 is 1.33 bits per heavy atom. The van der Waals surface area contributed by atoms with Gasteiger partial charge < -0.3 is 0 Å². The normalized spacial score (nSPS) is 11.0. The monoisotopic (exact) mass is 312 g/mol. The number of rotatable bonds is 2. The standard InChI is InChI=1S/C8H11.Tl/c1-7(2)5-6-8(3)4;/h5H,1,3H2,2,4H3;. The molecule has 0 aliphatic heterocycles. The van der Waals surface area contributed by atoms with Gasteiger partial charge in [-0.2, -0.15) is 0 Å². The van der Waals surface area contributed by atoms with E-state index in [0.29, 0.717) is 0 Å². The molecule has 0 rings (SSSR count). The number of hydrogen-bond acceptors (Lipinski definition) is 0. The molecule has 0 aromatic heterocycles. The van der Waals surface area contributed by atoms with Gasteiger partial charge >= 0.3 is 73.1 Å². The van der Waals surface area contributed by atoms with Crippen molar-refractivity contribution in [2.45, 2.75) is 13.8 Å². The van der Waals surface area contributed by atoms with Gasteiger partial charge in [0.15, 0.2) is 0 Å². The molecule has 0 fully saturated rings. The fraction of sp³-hybridized carbons (Fsp3) is 0.250. The Hall–Kier alpha value is 0.142. The summed E-state index contributed by atoms with van der Waals surface area (Å²) >= 11 is 0.879. The molecule has 9 heavy (non-hydrogen) atoms. The summed E-state index contributed by atoms with van der Waals surface area (Å²) in [5.41, 5.74) is 2.30. The van der Waals surface area contributed by atoms with Crippen LogP contribution in [0, 0.1) is 0 Å². The average Bonchev–Trinajstić information content (AvgIpc) is 1.63. The molecule has 1 heteroatoms. The molecule has 0 nitrogen and oxygen atoms in total. The van der Waals surface area contributed by atoms with Crippen LogP contribution in [0.3, 0.4) is 0 Å². The van der Waals surface area contributed by atoms with Gasteiger partial charge in [0.05, 0.1) is 0 Å². The second kappa shape index (κ2) is 4.04. The van der Waals surface area contributed by atoms with Crippen LogP contribution in [-0.2, 0) is 0 Å². The van der Waals surface area contributed by atoms with Crippen LogP contribution >= 0.6 is 0 Å². The van der Waals surface area contributed by atoms with E-state index in [4.69, 9.17) is 0 Å². The summed E-state index contributed by atoms with van der Waals surface area (Å²) in [6.45, 7) is 11.7. The van der Waals surface area contributed by atoms with E-state index in [1.54, 1.807) is 0 Å². The van der Waals surface area contributed by atoms with Crippen LogP contribution in [0.5, 0.6) is 0 Å². The van der Waals surface area contributed by atoms with Gasteiger partial charge in [-0.15, -0.1) is 0 Å². The Kier molecular flexibility index (Phi) is 4.10. The summed E-state index contributed by atoms with van der Waals surface area (Å²) in [5, 5.41) is 0. The predicted octanol–water partition coefficient (Wildman–Crippen LogP) is 2.19. The van der Waals surface area contributed by atoms with Crippen molar-refractivity contribution in [3.05, 3.63) is 33.5 Å². The molecule has 0 saturated carbocycles. The first-order chi connectivity index (χ1) is 4.04. The summed E-state index contributed by atoms with van der Waals surface area (Å²) in [5.74, 6) is 0. The number of hydrogen-bond donors (Lipinski definition) is 0. The minimum atomic E-state index is 0.879. The van der Waals surface area contributed by atoms with Gasteiger partial charge in [-0.25, -0.2) is 0 Å². The SMILES string of the molecule is C=C(C)/C=[C](/[Tl])C(=C)C. The first-order valence-electron chi connectivity index (χ1n) is 2.82. The fourth-order valence-electron chi connectivity index (χ4n) is 0.389. The number of allylic oxidation sites excluding steroid dienone is 4. The van der Waals surface area contributed by atoms with Crippen molar-refractivity contribution in [3.63, 3.8) is 0 Å². The van der Waals surface area contributed by atoms with Crippen LogP contribution in [0.1, 0.15) is 13.8 Å². The van der Waals surface area contributed by atoms with Crippen LogP contribution in [0.15, 0.2) is 33.5 Å². The van der Waals surface area contributed by atoms with Crippen molar-refractivity contribution in [2.75, 3.05) is 0 Å². The van der Waals surface area contributed by atoms with Gasteiger partial charge in [0.1, 0.15) is 0 Å². The van der Waals surface area contributed by atoms with Crippen LogP contribution in [0.25, 0.3) is 0 Å². The maximum atomic E-state index is 3.84. The molecule has 0 aliphatic carbocycles. The zero-order chi connectivity index (χ0) is 7.44. The Balaban J connectivity index is 4.17. The van der Waals surface area contributed by atoms with Crippen molar-refractivity contribution < 1.29 is 0 Å². The van der Waals surface area contributed by atoms with Crippen LogP contribution in [0.4, 0.5) is 0 Å². The van der Waals surface area contributed by atoms with Gasteiger partial charge in [-0.05, 0) is 0 Å². The van der Waals surface area contributed by atoms with E-state index in [2.05, 4.69) is 19.2 Å². The van der Waals surface area contributed by atoms with Gasteiger partial charge in [0, 0.05) is 0 Å². The molecule has 46 valence electrons. The molecule has 0 atom stereocenters. The zero-order valence-electron chi connectivity index (χ0n) is 6.07. The molecule has 0 spiro atoms. The van der Waals surface area contributed by atoms with Crippen molar-refractivity contribution in [2.24, 2.45) is 0 Å². The van der Waals surface area contributed by atoms with E-state index in [1.807, 2.05) is 13.8 Å². The van der Waals surface area contributed by atoms with E-state index in [-0.39, 0.29) is 0 Å². The van der Waals surface area contributed by atoms with Gasteiger partial charge in [-0.1, -0.05) is 0 Å². The van der Waals surface area contributed by atoms with Gasteiger partial charge in [-0.3, -0.25) is 0 Å². The van der Waals surface area contributed by atoms with Crippen molar-refractivity contribution >= 4 is 25.8 Å². The average molecular weight is 312 g/mol. The van der Waals surface area contributed by atoms with Crippen LogP contribution < -0.4 is 0 Å². The molecular weight excluding hydrogens is 300 g/mol. The predicted molar refractivity (Wildman–Crippen MR) is 43.5 cm³/mol. The summed E-state index contributed by atoms with van der Waals surface area (Å²) in [6, 6.07) is 0. The van der Waals surface area contributed by atoms with E-state index in [1.165, 1.54) is 8.71 Å². The summed E-state index contributed by atoms with van der Waals surface area (Å²) in [4.78, 5) is 0. The molecule has 0 bridgehead atoms. The minimum absolute atomic E-state index is 0.879. The molecule has 0 radical (unpaired) electrons. The molecule has 0 N–H and O–H groups in total. The van der Waals surface area contributed by atoms with E-state index in [9.17, 15) is 0 Å². The summed E-state index contributed by atoms with van der Waals surface area (Å²) < 4.78 is 1.38. The maximum absolute atomic E-state index is 3.84. The Morgan fingerprint density at radius 3 is 1.89 bits per heavy atom. The van der Waals surface area contributed by atoms with Crippen LogP contribution in [0.2, 0.25) is 0 Å². The molecule has 0 amide bonds. The quantitative estimate of drug-likeness (QED) is 0.542. The van der Waals surface area contributed by atoms with E-state index < -0.39 is 0 Å². The molecule has 0 aromatic carbocycles. The second-order valence-electron chi connectivity index (χ2n) is 2.23.